The highest BCUT2D eigenvalue weighted by Crippen LogP contribution is 2.28. The van der Waals surface area contributed by atoms with Crippen molar-refractivity contribution in [3.63, 3.8) is 0 Å². The first kappa shape index (κ1) is 17.2. The average molecular weight is 375 g/mol. The Labute approximate surface area is 164 Å². The lowest BCUT2D eigenvalue weighted by Gasteiger charge is -2.37. The van der Waals surface area contributed by atoms with Crippen LogP contribution in [0.25, 0.3) is 22.4 Å². The van der Waals surface area contributed by atoms with Crippen molar-refractivity contribution in [3.8, 4) is 11.4 Å². The van der Waals surface area contributed by atoms with E-state index < -0.39 is 0 Å². The summed E-state index contributed by atoms with van der Waals surface area (Å²) in [6.07, 6.45) is 5.65. The third kappa shape index (κ3) is 2.93. The van der Waals surface area contributed by atoms with Crippen molar-refractivity contribution in [1.29, 1.82) is 0 Å². The second-order valence-electron chi connectivity index (χ2n) is 7.79. The summed E-state index contributed by atoms with van der Waals surface area (Å²) in [7, 11) is 2.06. The topological polar surface area (TPSA) is 54.3 Å². The fourth-order valence-electron chi connectivity index (χ4n) is 4.60. The Morgan fingerprint density at radius 2 is 1.89 bits per heavy atom. The zero-order valence-corrected chi connectivity index (χ0v) is 16.2. The number of carbonyl (C=O) groups excluding carboxylic acids is 1. The number of hydrogen-bond acceptors (Lipinski definition) is 4. The number of piperidine rings is 1. The number of aromatic nitrogens is 3. The van der Waals surface area contributed by atoms with Gasteiger partial charge < -0.3 is 14.4 Å². The highest BCUT2D eigenvalue weighted by atomic mass is 16.2. The minimum Gasteiger partial charge on any atom is -0.356 e. The molecule has 0 radical (unpaired) electrons. The molecule has 0 aliphatic carbocycles. The predicted octanol–water partition coefficient (Wildman–Crippen LogP) is 3.23. The third-order valence-electron chi connectivity index (χ3n) is 6.13. The summed E-state index contributed by atoms with van der Waals surface area (Å²) < 4.78 is 2.14. The fourth-order valence-corrected chi connectivity index (χ4v) is 4.60. The monoisotopic (exact) mass is 375 g/mol. The number of benzene rings is 1. The molecule has 1 aromatic carbocycles. The van der Waals surface area contributed by atoms with Crippen LogP contribution in [0.2, 0.25) is 0 Å². The number of amides is 1. The van der Waals surface area contributed by atoms with Gasteiger partial charge in [-0.25, -0.2) is 9.97 Å². The van der Waals surface area contributed by atoms with Crippen LogP contribution in [0, 0.1) is 0 Å². The maximum Gasteiger partial charge on any atom is 0.222 e. The van der Waals surface area contributed by atoms with Gasteiger partial charge in [-0.05, 0) is 43.5 Å². The lowest BCUT2D eigenvalue weighted by molar-refractivity contribution is -0.130. The van der Waals surface area contributed by atoms with Crippen LogP contribution in [0.3, 0.4) is 0 Å². The average Bonchev–Trinajstić information content (AvgIpc) is 3.32. The van der Waals surface area contributed by atoms with Gasteiger partial charge in [-0.3, -0.25) is 4.79 Å². The Balaban J connectivity index is 1.36. The summed E-state index contributed by atoms with van der Waals surface area (Å²) >= 11 is 0. The summed E-state index contributed by atoms with van der Waals surface area (Å²) in [6.45, 7) is 2.81. The predicted molar refractivity (Wildman–Crippen MR) is 110 cm³/mol. The van der Waals surface area contributed by atoms with Gasteiger partial charge in [0.25, 0.3) is 0 Å². The van der Waals surface area contributed by atoms with Crippen LogP contribution < -0.4 is 4.90 Å². The van der Waals surface area contributed by atoms with Crippen LogP contribution in [0.1, 0.15) is 25.7 Å². The number of imidazole rings is 1. The van der Waals surface area contributed by atoms with E-state index in [9.17, 15) is 4.79 Å². The molecule has 144 valence electrons. The molecule has 4 heterocycles. The standard InChI is InChI=1S/C22H25N5O/c1-25-19-6-3-2-5-18(19)24-22(25)16-8-11-23-20(15-16)26-13-9-17(10-14-26)27-12-4-7-21(27)28/h2-3,5-6,8,11,15,17H,4,7,9-10,12-14H2,1H3. The number of pyridine rings is 1. The third-order valence-corrected chi connectivity index (χ3v) is 6.13. The van der Waals surface area contributed by atoms with Crippen molar-refractivity contribution in [2.24, 2.45) is 7.05 Å². The van der Waals surface area contributed by atoms with E-state index in [0.29, 0.717) is 11.9 Å². The van der Waals surface area contributed by atoms with E-state index in [1.54, 1.807) is 0 Å². The van der Waals surface area contributed by atoms with E-state index in [4.69, 9.17) is 4.98 Å². The van der Waals surface area contributed by atoms with Crippen LogP contribution in [0.4, 0.5) is 5.82 Å². The maximum absolute atomic E-state index is 12.0. The molecule has 2 fully saturated rings. The van der Waals surface area contributed by atoms with Crippen molar-refractivity contribution in [3.05, 3.63) is 42.6 Å². The molecular formula is C22H25N5O. The van der Waals surface area contributed by atoms with E-state index in [-0.39, 0.29) is 0 Å². The molecular weight excluding hydrogens is 350 g/mol. The number of hydrogen-bond donors (Lipinski definition) is 0. The summed E-state index contributed by atoms with van der Waals surface area (Å²) in [5, 5.41) is 0. The Hall–Kier alpha value is -2.89. The minimum absolute atomic E-state index is 0.334. The van der Waals surface area contributed by atoms with Gasteiger partial charge in [0.05, 0.1) is 11.0 Å². The molecule has 2 aliphatic rings. The van der Waals surface area contributed by atoms with Gasteiger partial charge in [-0.15, -0.1) is 0 Å². The van der Waals surface area contributed by atoms with E-state index in [2.05, 4.69) is 38.5 Å². The molecule has 3 aromatic rings. The van der Waals surface area contributed by atoms with Gasteiger partial charge in [0.1, 0.15) is 11.6 Å². The molecule has 2 aliphatic heterocycles. The number of fused-ring (bicyclic) bond motifs is 1. The number of carbonyl (C=O) groups is 1. The van der Waals surface area contributed by atoms with Gasteiger partial charge >= 0.3 is 0 Å². The molecule has 1 amide bonds. The molecule has 6 heteroatoms. The van der Waals surface area contributed by atoms with Crippen LogP contribution in [-0.2, 0) is 11.8 Å². The number of likely N-dealkylation sites (tertiary alicyclic amines) is 1. The second-order valence-corrected chi connectivity index (χ2v) is 7.79. The molecule has 2 aromatic heterocycles. The van der Waals surface area contributed by atoms with Crippen LogP contribution >= 0.6 is 0 Å². The molecule has 0 bridgehead atoms. The Morgan fingerprint density at radius 1 is 1.07 bits per heavy atom. The van der Waals surface area contributed by atoms with Crippen LogP contribution in [0.5, 0.6) is 0 Å². The van der Waals surface area contributed by atoms with Crippen LogP contribution in [-0.4, -0.2) is 51.0 Å². The molecule has 0 spiro atoms. The van der Waals surface area contributed by atoms with Crippen molar-refractivity contribution in [2.75, 3.05) is 24.5 Å². The van der Waals surface area contributed by atoms with Gasteiger partial charge in [0, 0.05) is 50.9 Å². The molecule has 0 atom stereocenters. The second kappa shape index (κ2) is 6.93. The maximum atomic E-state index is 12.0. The molecule has 0 unspecified atom stereocenters. The summed E-state index contributed by atoms with van der Waals surface area (Å²) in [5.41, 5.74) is 3.22. The molecule has 2 saturated heterocycles. The summed E-state index contributed by atoms with van der Waals surface area (Å²) in [6, 6.07) is 12.8. The van der Waals surface area contributed by atoms with Gasteiger partial charge in [-0.2, -0.15) is 0 Å². The van der Waals surface area contributed by atoms with Crippen molar-refractivity contribution >= 4 is 22.8 Å². The van der Waals surface area contributed by atoms with E-state index >= 15 is 0 Å². The summed E-state index contributed by atoms with van der Waals surface area (Å²) in [5.74, 6) is 2.29. The van der Waals surface area contributed by atoms with E-state index in [1.807, 2.05) is 30.5 Å². The van der Waals surface area contributed by atoms with Crippen molar-refractivity contribution in [1.82, 2.24) is 19.4 Å². The molecule has 6 nitrogen and oxygen atoms in total. The molecule has 5 rings (SSSR count). The Bertz CT molecular complexity index is 1020. The lowest BCUT2D eigenvalue weighted by Crippen LogP contribution is -2.45. The normalized spacial score (nSPS) is 18.4. The van der Waals surface area contributed by atoms with Crippen molar-refractivity contribution < 1.29 is 4.79 Å². The number of rotatable bonds is 3. The SMILES string of the molecule is Cn1c(-c2ccnc(N3CCC(N4CCCC4=O)CC3)c2)nc2ccccc21. The highest BCUT2D eigenvalue weighted by Gasteiger charge is 2.31. The molecule has 0 N–H and O–H groups in total. The Kier molecular flexibility index (Phi) is 4.26. The Morgan fingerprint density at radius 3 is 2.64 bits per heavy atom. The first-order valence-electron chi connectivity index (χ1n) is 10.1. The largest absolute Gasteiger partial charge is 0.356 e. The number of para-hydroxylation sites is 2. The zero-order valence-electron chi connectivity index (χ0n) is 16.2. The highest BCUT2D eigenvalue weighted by molar-refractivity contribution is 5.81. The van der Waals surface area contributed by atoms with Gasteiger partial charge in [-0.1, -0.05) is 12.1 Å². The zero-order chi connectivity index (χ0) is 19.1. The quantitative estimate of drug-likeness (QED) is 0.705. The first-order chi connectivity index (χ1) is 13.7. The number of nitrogens with zero attached hydrogens (tertiary/aromatic N) is 5. The molecule has 0 saturated carbocycles. The first-order valence-corrected chi connectivity index (χ1v) is 10.1. The summed E-state index contributed by atoms with van der Waals surface area (Å²) in [4.78, 5) is 25.9. The minimum atomic E-state index is 0.334. The van der Waals surface area contributed by atoms with Crippen LogP contribution in [0.15, 0.2) is 42.6 Å². The van der Waals surface area contributed by atoms with Gasteiger partial charge in [0.15, 0.2) is 0 Å². The smallest absolute Gasteiger partial charge is 0.222 e. The number of anilines is 1. The van der Waals surface area contributed by atoms with E-state index in [0.717, 1.165) is 73.6 Å². The lowest BCUT2D eigenvalue weighted by atomic mass is 10.0. The van der Waals surface area contributed by atoms with Crippen molar-refractivity contribution in [2.45, 2.75) is 31.7 Å². The number of aryl methyl sites for hydroxylation is 1. The fraction of sp³-hybridized carbons (Fsp3) is 0.409. The van der Waals surface area contributed by atoms with Gasteiger partial charge in [0.2, 0.25) is 5.91 Å². The molecule has 28 heavy (non-hydrogen) atoms. The van der Waals surface area contributed by atoms with E-state index in [1.165, 1.54) is 0 Å².